The van der Waals surface area contributed by atoms with E-state index < -0.39 is 23.8 Å². The predicted molar refractivity (Wildman–Crippen MR) is 106 cm³/mol. The molecular weight excluding hydrogens is 421 g/mol. The van der Waals surface area contributed by atoms with Gasteiger partial charge in [-0.3, -0.25) is 9.59 Å². The highest BCUT2D eigenvalue weighted by molar-refractivity contribution is 9.10. The first-order chi connectivity index (χ1) is 12.4. The van der Waals surface area contributed by atoms with E-state index in [1.54, 1.807) is 6.07 Å². The fraction of sp³-hybridized carbons (Fsp3) is 0.500. The van der Waals surface area contributed by atoms with E-state index in [4.69, 9.17) is 10.5 Å². The molecule has 3 amide bonds. The molecule has 0 heterocycles. The van der Waals surface area contributed by atoms with Crippen molar-refractivity contribution in [2.75, 3.05) is 5.32 Å². The molecule has 0 aliphatic carbocycles. The first kappa shape index (κ1) is 24.8. The number of halogens is 2. The molecule has 1 rings (SSSR count). The molecule has 0 aliphatic rings. The number of urea groups is 1. The largest absolute Gasteiger partial charge is 0.460 e. The molecule has 27 heavy (non-hydrogen) atoms. The van der Waals surface area contributed by atoms with Crippen LogP contribution in [0.15, 0.2) is 22.7 Å². The summed E-state index contributed by atoms with van der Waals surface area (Å²) in [6.07, 6.45) is 1.13. The molecule has 152 valence electrons. The second kappa shape index (κ2) is 11.5. The van der Waals surface area contributed by atoms with E-state index in [-0.39, 0.29) is 17.3 Å². The Balaban J connectivity index is 0.000000713. The average Bonchev–Trinajstić information content (AvgIpc) is 2.47. The maximum atomic E-state index is 13.5. The van der Waals surface area contributed by atoms with Gasteiger partial charge in [-0.15, -0.1) is 0 Å². The molecule has 0 aromatic heterocycles. The van der Waals surface area contributed by atoms with Crippen LogP contribution in [-0.4, -0.2) is 29.6 Å². The van der Waals surface area contributed by atoms with Gasteiger partial charge < -0.3 is 21.1 Å². The third kappa shape index (κ3) is 12.0. The van der Waals surface area contributed by atoms with Crippen molar-refractivity contribution in [1.29, 1.82) is 0 Å². The molecule has 0 fully saturated rings. The summed E-state index contributed by atoms with van der Waals surface area (Å²) < 4.78 is 18.9. The highest BCUT2D eigenvalue weighted by Gasteiger charge is 2.17. The molecule has 4 N–H and O–H groups in total. The van der Waals surface area contributed by atoms with Crippen molar-refractivity contribution in [3.05, 3.63) is 28.5 Å². The highest BCUT2D eigenvalue weighted by atomic mass is 79.9. The molecule has 1 aromatic carbocycles. The van der Waals surface area contributed by atoms with E-state index in [0.29, 0.717) is 17.3 Å². The van der Waals surface area contributed by atoms with Crippen molar-refractivity contribution in [2.45, 2.75) is 59.1 Å². The minimum Gasteiger partial charge on any atom is -0.460 e. The number of carbonyl (C=O) groups excluding carboxylic acids is 3. The summed E-state index contributed by atoms with van der Waals surface area (Å²) in [5, 5.41) is 4.73. The van der Waals surface area contributed by atoms with Gasteiger partial charge >= 0.3 is 12.0 Å². The Labute approximate surface area is 167 Å². The van der Waals surface area contributed by atoms with Crippen LogP contribution in [0.1, 0.15) is 47.5 Å². The summed E-state index contributed by atoms with van der Waals surface area (Å²) in [5.74, 6) is -1.42. The first-order valence-corrected chi connectivity index (χ1v) is 9.16. The lowest BCUT2D eigenvalue weighted by atomic mass is 10.1. The Bertz CT molecular complexity index is 662. The third-order valence-corrected chi connectivity index (χ3v) is 3.35. The Hall–Kier alpha value is -2.16. The molecular formula is C18H27BrFN3O4. The minimum absolute atomic E-state index is 0.0282. The highest BCUT2D eigenvalue weighted by Crippen LogP contribution is 2.19. The van der Waals surface area contributed by atoms with Crippen molar-refractivity contribution >= 4 is 39.5 Å². The van der Waals surface area contributed by atoms with Crippen LogP contribution in [0.5, 0.6) is 0 Å². The zero-order valence-electron chi connectivity index (χ0n) is 16.2. The van der Waals surface area contributed by atoms with E-state index >= 15 is 0 Å². The van der Waals surface area contributed by atoms with Gasteiger partial charge in [0.05, 0.1) is 5.69 Å². The number of nitrogens with one attached hydrogen (secondary N) is 2. The summed E-state index contributed by atoms with van der Waals surface area (Å²) >= 11 is 3.11. The lowest BCUT2D eigenvalue weighted by molar-refractivity contribution is -0.151. The minimum atomic E-state index is -0.761. The quantitative estimate of drug-likeness (QED) is 0.597. The van der Waals surface area contributed by atoms with Gasteiger partial charge in [-0.25, -0.2) is 9.18 Å². The van der Waals surface area contributed by atoms with Crippen LogP contribution in [0.4, 0.5) is 14.9 Å². The summed E-state index contributed by atoms with van der Waals surface area (Å²) in [7, 11) is 0. The second-order valence-corrected chi connectivity index (χ2v) is 7.59. The van der Waals surface area contributed by atoms with Crippen LogP contribution in [0.3, 0.4) is 0 Å². The van der Waals surface area contributed by atoms with Gasteiger partial charge in [0.1, 0.15) is 17.5 Å². The number of anilines is 1. The summed E-state index contributed by atoms with van der Waals surface area (Å²) in [4.78, 5) is 33.0. The lowest BCUT2D eigenvalue weighted by Gasteiger charge is -2.17. The van der Waals surface area contributed by atoms with Crippen molar-refractivity contribution in [3.8, 4) is 0 Å². The second-order valence-electron chi connectivity index (χ2n) is 6.67. The maximum absolute atomic E-state index is 13.5. The molecule has 9 heteroatoms. The predicted octanol–water partition coefficient (Wildman–Crippen LogP) is 3.71. The fourth-order valence-corrected chi connectivity index (χ4v) is 2.25. The fourth-order valence-electron chi connectivity index (χ4n) is 1.91. The Kier molecular flexibility index (Phi) is 10.6. The lowest BCUT2D eigenvalue weighted by Crippen LogP contribution is -2.46. The topological polar surface area (TPSA) is 111 Å². The Morgan fingerprint density at radius 3 is 2.26 bits per heavy atom. The third-order valence-electron chi connectivity index (χ3n) is 2.86. The number of rotatable bonds is 5. The zero-order valence-corrected chi connectivity index (χ0v) is 17.8. The summed E-state index contributed by atoms with van der Waals surface area (Å²) in [6, 6.07) is 2.81. The van der Waals surface area contributed by atoms with Gasteiger partial charge in [-0.05, 0) is 45.4 Å². The Morgan fingerprint density at radius 1 is 1.30 bits per heavy atom. The number of nitrogens with two attached hydrogens (primary N) is 1. The number of primary amides is 1. The summed E-state index contributed by atoms with van der Waals surface area (Å²) in [5.41, 5.74) is 4.85. The van der Waals surface area contributed by atoms with E-state index in [1.165, 1.54) is 19.1 Å². The van der Waals surface area contributed by atoms with Crippen molar-refractivity contribution < 1.29 is 23.5 Å². The van der Waals surface area contributed by atoms with E-state index in [9.17, 15) is 18.8 Å². The molecule has 0 saturated carbocycles. The van der Waals surface area contributed by atoms with E-state index in [0.717, 1.165) is 0 Å². The van der Waals surface area contributed by atoms with Gasteiger partial charge in [-0.1, -0.05) is 29.3 Å². The molecule has 1 aromatic rings. The monoisotopic (exact) mass is 447 g/mol. The number of ether oxygens (including phenoxy) is 1. The van der Waals surface area contributed by atoms with Gasteiger partial charge in [0.15, 0.2) is 0 Å². The molecule has 0 radical (unpaired) electrons. The van der Waals surface area contributed by atoms with Gasteiger partial charge in [0.2, 0.25) is 5.91 Å². The van der Waals surface area contributed by atoms with Crippen LogP contribution in [-0.2, 0) is 14.3 Å². The SMILES string of the molecule is CC(=O)OC(C)(C)C.CCC[C@H](NC(=O)Nc1ccc(Br)cc1F)C(N)=O. The Morgan fingerprint density at radius 2 is 1.89 bits per heavy atom. The zero-order chi connectivity index (χ0) is 21.2. The van der Waals surface area contributed by atoms with Crippen molar-refractivity contribution in [1.82, 2.24) is 5.32 Å². The maximum Gasteiger partial charge on any atom is 0.319 e. The number of amides is 3. The molecule has 0 saturated heterocycles. The molecule has 1 atom stereocenters. The normalized spacial score (nSPS) is 11.5. The van der Waals surface area contributed by atoms with Crippen LogP contribution in [0.2, 0.25) is 0 Å². The van der Waals surface area contributed by atoms with Crippen LogP contribution in [0, 0.1) is 5.82 Å². The van der Waals surface area contributed by atoms with E-state index in [1.807, 2.05) is 27.7 Å². The number of hydrogen-bond donors (Lipinski definition) is 3. The number of hydrogen-bond acceptors (Lipinski definition) is 4. The molecule has 7 nitrogen and oxygen atoms in total. The molecule has 0 bridgehead atoms. The van der Waals surface area contributed by atoms with Gasteiger partial charge in [-0.2, -0.15) is 0 Å². The van der Waals surface area contributed by atoms with Gasteiger partial charge in [0, 0.05) is 11.4 Å². The average molecular weight is 448 g/mol. The molecule has 0 unspecified atom stereocenters. The van der Waals surface area contributed by atoms with Crippen molar-refractivity contribution in [2.24, 2.45) is 5.73 Å². The van der Waals surface area contributed by atoms with Crippen molar-refractivity contribution in [3.63, 3.8) is 0 Å². The summed E-state index contributed by atoms with van der Waals surface area (Å²) in [6.45, 7) is 8.80. The van der Waals surface area contributed by atoms with Crippen LogP contribution in [0.25, 0.3) is 0 Å². The number of esters is 1. The molecule has 0 spiro atoms. The standard InChI is InChI=1S/C12H15BrFN3O2.C6H12O2/c1-2-3-10(11(15)18)17-12(19)16-9-5-4-7(13)6-8(9)14;1-5(7)8-6(2,3)4/h4-6,10H,2-3H2,1H3,(H2,15,18)(H2,16,17,19);1-4H3/t10-;/m0./s1. The smallest absolute Gasteiger partial charge is 0.319 e. The van der Waals surface area contributed by atoms with Crippen LogP contribution < -0.4 is 16.4 Å². The first-order valence-electron chi connectivity index (χ1n) is 8.37. The van der Waals surface area contributed by atoms with Gasteiger partial charge in [0.25, 0.3) is 0 Å². The van der Waals surface area contributed by atoms with Crippen LogP contribution >= 0.6 is 15.9 Å². The number of carbonyl (C=O) groups is 3. The molecule has 0 aliphatic heterocycles. The number of benzene rings is 1. The van der Waals surface area contributed by atoms with E-state index in [2.05, 4.69) is 26.6 Å².